The summed E-state index contributed by atoms with van der Waals surface area (Å²) < 4.78 is 16.9. The van der Waals surface area contributed by atoms with Crippen LogP contribution in [0.25, 0.3) is 0 Å². The Morgan fingerprint density at radius 1 is 1.10 bits per heavy atom. The van der Waals surface area contributed by atoms with Gasteiger partial charge in [-0.1, -0.05) is 0 Å². The van der Waals surface area contributed by atoms with E-state index < -0.39 is 36.7 Å². The highest BCUT2D eigenvalue weighted by molar-refractivity contribution is 5.73. The summed E-state index contributed by atoms with van der Waals surface area (Å²) in [7, 11) is 0. The summed E-state index contributed by atoms with van der Waals surface area (Å²) >= 11 is 0. The summed E-state index contributed by atoms with van der Waals surface area (Å²) in [5.41, 5.74) is 1.17. The van der Waals surface area contributed by atoms with Crippen molar-refractivity contribution in [2.75, 3.05) is 6.61 Å². The highest BCUT2D eigenvalue weighted by atomic mass is 16.7. The first-order valence-electron chi connectivity index (χ1n) is 10.1. The maximum absolute atomic E-state index is 11.3. The van der Waals surface area contributed by atoms with E-state index in [1.54, 1.807) is 0 Å². The molecule has 172 valence electrons. The fourth-order valence-electron chi connectivity index (χ4n) is 3.11. The van der Waals surface area contributed by atoms with Crippen LogP contribution in [0.5, 0.6) is 0 Å². The first-order valence-corrected chi connectivity index (χ1v) is 10.1. The number of aliphatic hydroxyl groups excluding tert-OH is 3. The number of hydrogen-bond acceptors (Lipinski definition) is 8. The lowest BCUT2D eigenvalue weighted by molar-refractivity contribution is -0.285. The third-order valence-corrected chi connectivity index (χ3v) is 4.59. The van der Waals surface area contributed by atoms with Gasteiger partial charge < -0.3 is 40.0 Å². The smallest absolute Gasteiger partial charge is 0.335 e. The van der Waals surface area contributed by atoms with Crippen LogP contribution in [0.2, 0.25) is 0 Å². The van der Waals surface area contributed by atoms with Crippen LogP contribution < -0.4 is 5.32 Å². The van der Waals surface area contributed by atoms with Crippen molar-refractivity contribution in [3.63, 3.8) is 0 Å². The van der Waals surface area contributed by atoms with E-state index in [4.69, 9.17) is 14.2 Å². The van der Waals surface area contributed by atoms with Gasteiger partial charge >= 0.3 is 5.97 Å². The molecule has 1 heterocycles. The van der Waals surface area contributed by atoms with Gasteiger partial charge in [0, 0.05) is 12.0 Å². The van der Waals surface area contributed by atoms with Gasteiger partial charge in [0.25, 0.3) is 0 Å². The molecule has 0 aromatic rings. The largest absolute Gasteiger partial charge is 0.479 e. The average molecular weight is 430 g/mol. The number of aliphatic hydroxyl groups is 3. The topological polar surface area (TPSA) is 138 Å². The summed E-state index contributed by atoms with van der Waals surface area (Å²) in [6.07, 6.45) is -5.17. The van der Waals surface area contributed by atoms with Crippen LogP contribution in [0.3, 0.4) is 0 Å². The number of hydrogen-bond donors (Lipinski definition) is 5. The van der Waals surface area contributed by atoms with Crippen LogP contribution >= 0.6 is 0 Å². The standard InChI is InChI=1S/C21H35NO8/c1-20(2,3)22-12-9-11(10-28-21(4,5)6)7-8-13(12)29-19-16(25)14(23)15(24)17(30-19)18(26)27/h9,14-17,19,22-25H,7-8,10H2,1-6H3,(H,26,27). The molecular weight excluding hydrogens is 394 g/mol. The minimum absolute atomic E-state index is 0.276. The normalized spacial score (nSPS) is 30.7. The van der Waals surface area contributed by atoms with Crippen LogP contribution in [-0.2, 0) is 19.0 Å². The summed E-state index contributed by atoms with van der Waals surface area (Å²) in [4.78, 5) is 11.3. The molecule has 0 amide bonds. The fourth-order valence-corrected chi connectivity index (χ4v) is 3.11. The molecule has 1 fully saturated rings. The minimum Gasteiger partial charge on any atom is -0.479 e. The number of aliphatic carboxylic acids is 1. The zero-order valence-electron chi connectivity index (χ0n) is 18.5. The third kappa shape index (κ3) is 6.68. The molecule has 1 saturated heterocycles. The molecule has 0 aromatic heterocycles. The van der Waals surface area contributed by atoms with Crippen LogP contribution in [0, 0.1) is 0 Å². The Balaban J connectivity index is 2.26. The number of nitrogens with one attached hydrogen (secondary N) is 1. The van der Waals surface area contributed by atoms with Gasteiger partial charge in [0.05, 0.1) is 17.9 Å². The predicted molar refractivity (Wildman–Crippen MR) is 108 cm³/mol. The van der Waals surface area contributed by atoms with Crippen LogP contribution in [0.1, 0.15) is 54.4 Å². The number of carboxylic acid groups (broad SMARTS) is 1. The van der Waals surface area contributed by atoms with Crippen molar-refractivity contribution in [3.8, 4) is 0 Å². The molecule has 5 atom stereocenters. The molecule has 1 aliphatic carbocycles. The first-order chi connectivity index (χ1) is 13.7. The summed E-state index contributed by atoms with van der Waals surface area (Å²) in [5, 5.41) is 42.7. The molecule has 5 unspecified atom stereocenters. The van der Waals surface area contributed by atoms with Gasteiger partial charge in [-0.25, -0.2) is 4.79 Å². The van der Waals surface area contributed by atoms with Crippen LogP contribution in [0.15, 0.2) is 23.1 Å². The van der Waals surface area contributed by atoms with Gasteiger partial charge in [0.2, 0.25) is 6.29 Å². The Labute approximate surface area is 177 Å². The summed E-state index contributed by atoms with van der Waals surface area (Å²) in [6.45, 7) is 12.4. The second-order valence-electron chi connectivity index (χ2n) is 9.77. The van der Waals surface area contributed by atoms with Crippen molar-refractivity contribution in [2.24, 2.45) is 0 Å². The van der Waals surface area contributed by atoms with Crippen LogP contribution in [0.4, 0.5) is 0 Å². The quantitative estimate of drug-likeness (QED) is 0.419. The van der Waals surface area contributed by atoms with Crippen molar-refractivity contribution < 1.29 is 39.4 Å². The highest BCUT2D eigenvalue weighted by Crippen LogP contribution is 2.31. The Morgan fingerprint density at radius 3 is 2.27 bits per heavy atom. The molecule has 0 bridgehead atoms. The van der Waals surface area contributed by atoms with Gasteiger partial charge in [-0.2, -0.15) is 0 Å². The fraction of sp³-hybridized carbons (Fsp3) is 0.762. The average Bonchev–Trinajstić information content (AvgIpc) is 2.59. The van der Waals surface area contributed by atoms with E-state index in [1.807, 2.05) is 47.6 Å². The van der Waals surface area contributed by atoms with E-state index in [2.05, 4.69) is 5.32 Å². The van der Waals surface area contributed by atoms with E-state index in [-0.39, 0.29) is 11.1 Å². The Hall–Kier alpha value is -1.65. The van der Waals surface area contributed by atoms with Crippen molar-refractivity contribution in [1.29, 1.82) is 0 Å². The van der Waals surface area contributed by atoms with Crippen molar-refractivity contribution in [2.45, 2.75) is 96.2 Å². The summed E-state index contributed by atoms with van der Waals surface area (Å²) in [5.74, 6) is -0.976. The van der Waals surface area contributed by atoms with E-state index >= 15 is 0 Å². The lowest BCUT2D eigenvalue weighted by Crippen LogP contribution is -2.60. The molecular formula is C21H35NO8. The Morgan fingerprint density at radius 2 is 1.73 bits per heavy atom. The molecule has 2 aliphatic rings. The van der Waals surface area contributed by atoms with Crippen molar-refractivity contribution in [1.82, 2.24) is 5.32 Å². The van der Waals surface area contributed by atoms with Crippen molar-refractivity contribution >= 4 is 5.97 Å². The molecule has 2 rings (SSSR count). The molecule has 5 N–H and O–H groups in total. The second-order valence-corrected chi connectivity index (χ2v) is 9.77. The SMILES string of the molecule is CC(C)(C)NC1=C(OC2OC(C(=O)O)C(O)C(O)C2O)CCC(COC(C)(C)C)=C1. The molecule has 9 nitrogen and oxygen atoms in total. The van der Waals surface area contributed by atoms with Gasteiger partial charge in [-0.3, -0.25) is 0 Å². The van der Waals surface area contributed by atoms with Crippen LogP contribution in [-0.4, -0.2) is 74.8 Å². The molecule has 0 spiro atoms. The predicted octanol–water partition coefficient (Wildman–Crippen LogP) is 1.03. The molecule has 9 heteroatoms. The molecule has 30 heavy (non-hydrogen) atoms. The zero-order chi connectivity index (χ0) is 22.9. The van der Waals surface area contributed by atoms with Gasteiger partial charge in [0.15, 0.2) is 6.10 Å². The number of carboxylic acids is 1. The molecule has 1 aliphatic heterocycles. The maximum atomic E-state index is 11.3. The van der Waals surface area contributed by atoms with E-state index in [1.165, 1.54) is 0 Å². The number of rotatable bonds is 6. The lowest BCUT2D eigenvalue weighted by atomic mass is 9.98. The Kier molecular flexibility index (Phi) is 7.58. The number of ether oxygens (including phenoxy) is 3. The zero-order valence-corrected chi connectivity index (χ0v) is 18.5. The second kappa shape index (κ2) is 9.23. The molecule has 0 aromatic carbocycles. The van der Waals surface area contributed by atoms with Crippen molar-refractivity contribution in [3.05, 3.63) is 23.1 Å². The highest BCUT2D eigenvalue weighted by Gasteiger charge is 2.48. The Bertz CT molecular complexity index is 688. The van der Waals surface area contributed by atoms with E-state index in [0.29, 0.717) is 30.9 Å². The van der Waals surface area contributed by atoms with Gasteiger partial charge in [0.1, 0.15) is 24.1 Å². The van der Waals surface area contributed by atoms with Gasteiger partial charge in [-0.05, 0) is 59.6 Å². The number of carbonyl (C=O) groups is 1. The lowest BCUT2D eigenvalue weighted by Gasteiger charge is -2.39. The molecule has 0 radical (unpaired) electrons. The van der Waals surface area contributed by atoms with E-state index in [9.17, 15) is 25.2 Å². The van der Waals surface area contributed by atoms with E-state index in [0.717, 1.165) is 5.57 Å². The van der Waals surface area contributed by atoms with Gasteiger partial charge in [-0.15, -0.1) is 0 Å². The third-order valence-electron chi connectivity index (χ3n) is 4.59. The summed E-state index contributed by atoms with van der Waals surface area (Å²) in [6, 6.07) is 0. The number of allylic oxidation sites excluding steroid dienone is 2. The molecule has 0 saturated carbocycles. The monoisotopic (exact) mass is 429 g/mol. The minimum atomic E-state index is -1.76. The maximum Gasteiger partial charge on any atom is 0.335 e. The first kappa shape index (κ1) is 24.6.